The fraction of sp³-hybridized carbons (Fsp3) is 0.385. The van der Waals surface area contributed by atoms with Crippen LogP contribution in [-0.2, 0) is 18.4 Å². The molecule has 1 aromatic carbocycles. The largest absolute Gasteiger partial charge is 0.373 e. The summed E-state index contributed by atoms with van der Waals surface area (Å²) in [6, 6.07) is 8.50. The Bertz CT molecular complexity index is 502. The number of aryl methyl sites for hydroxylation is 1. The van der Waals surface area contributed by atoms with E-state index in [0.29, 0.717) is 6.61 Å². The van der Waals surface area contributed by atoms with Crippen molar-refractivity contribution in [2.45, 2.75) is 26.6 Å². The van der Waals surface area contributed by atoms with E-state index in [2.05, 4.69) is 65.7 Å². The molecule has 0 aliphatic heterocycles. The molecule has 0 aliphatic carbocycles. The van der Waals surface area contributed by atoms with Gasteiger partial charge >= 0.3 is 0 Å². The fourth-order valence-corrected chi connectivity index (χ4v) is 2.15. The van der Waals surface area contributed by atoms with Crippen molar-refractivity contribution in [3.63, 3.8) is 0 Å². The third-order valence-corrected chi connectivity index (χ3v) is 3.16. The Kier molecular flexibility index (Phi) is 3.36. The molecule has 0 aliphatic rings. The van der Waals surface area contributed by atoms with E-state index in [9.17, 15) is 0 Å². The lowest BCUT2D eigenvalue weighted by Gasteiger charge is -2.08. The highest BCUT2D eigenvalue weighted by molar-refractivity contribution is 9.10. The number of hydrogen-bond donors (Lipinski definition) is 0. The van der Waals surface area contributed by atoms with E-state index < -0.39 is 0 Å². The van der Waals surface area contributed by atoms with E-state index in [1.807, 2.05) is 0 Å². The van der Waals surface area contributed by atoms with Crippen LogP contribution in [0.25, 0.3) is 10.9 Å². The first-order chi connectivity index (χ1) is 7.58. The van der Waals surface area contributed by atoms with Gasteiger partial charge in [0.05, 0.1) is 12.7 Å². The number of benzene rings is 1. The number of nitrogens with zero attached hydrogens (tertiary/aromatic N) is 1. The maximum atomic E-state index is 5.64. The zero-order chi connectivity index (χ0) is 11.7. The van der Waals surface area contributed by atoms with Crippen LogP contribution in [0.15, 0.2) is 28.7 Å². The second-order valence-electron chi connectivity index (χ2n) is 4.26. The van der Waals surface area contributed by atoms with Gasteiger partial charge in [-0.2, -0.15) is 0 Å². The van der Waals surface area contributed by atoms with Gasteiger partial charge in [0.2, 0.25) is 0 Å². The lowest BCUT2D eigenvalue weighted by Crippen LogP contribution is -2.05. The summed E-state index contributed by atoms with van der Waals surface area (Å²) < 4.78 is 8.93. The molecule has 0 amide bonds. The number of halogens is 1. The Hall–Kier alpha value is -0.800. The van der Waals surface area contributed by atoms with E-state index >= 15 is 0 Å². The molecule has 3 heteroatoms. The van der Waals surface area contributed by atoms with Gasteiger partial charge in [-0.25, -0.2) is 0 Å². The molecule has 0 unspecified atom stereocenters. The van der Waals surface area contributed by atoms with Crippen LogP contribution >= 0.6 is 15.9 Å². The van der Waals surface area contributed by atoms with Crippen molar-refractivity contribution in [1.82, 2.24) is 4.57 Å². The van der Waals surface area contributed by atoms with Crippen LogP contribution in [0.2, 0.25) is 0 Å². The highest BCUT2D eigenvalue weighted by Crippen LogP contribution is 2.23. The van der Waals surface area contributed by atoms with Gasteiger partial charge in [0.15, 0.2) is 0 Å². The van der Waals surface area contributed by atoms with Crippen LogP contribution in [-0.4, -0.2) is 10.7 Å². The van der Waals surface area contributed by atoms with E-state index in [4.69, 9.17) is 4.74 Å². The molecule has 0 bridgehead atoms. The van der Waals surface area contributed by atoms with Crippen molar-refractivity contribution in [2.24, 2.45) is 7.05 Å². The molecule has 0 fully saturated rings. The Morgan fingerprint density at radius 3 is 2.75 bits per heavy atom. The van der Waals surface area contributed by atoms with Crippen LogP contribution in [0.3, 0.4) is 0 Å². The van der Waals surface area contributed by atoms with Crippen molar-refractivity contribution < 1.29 is 4.74 Å². The summed E-state index contributed by atoms with van der Waals surface area (Å²) in [6.07, 6.45) is 0.268. The Labute approximate surface area is 104 Å². The Morgan fingerprint density at radius 2 is 2.06 bits per heavy atom. The van der Waals surface area contributed by atoms with Gasteiger partial charge in [-0.05, 0) is 38.1 Å². The summed E-state index contributed by atoms with van der Waals surface area (Å²) in [5.41, 5.74) is 2.45. The summed E-state index contributed by atoms with van der Waals surface area (Å²) in [5, 5.41) is 1.25. The summed E-state index contributed by atoms with van der Waals surface area (Å²) in [6.45, 7) is 4.78. The number of fused-ring (bicyclic) bond motifs is 1. The highest BCUT2D eigenvalue weighted by Gasteiger charge is 2.06. The van der Waals surface area contributed by atoms with Crippen LogP contribution in [0.5, 0.6) is 0 Å². The number of aromatic nitrogens is 1. The van der Waals surface area contributed by atoms with Crippen molar-refractivity contribution in [1.29, 1.82) is 0 Å². The SMILES string of the molecule is CC(C)OCc1cc2cc(Br)ccc2n1C. The molecule has 2 nitrogen and oxygen atoms in total. The van der Waals surface area contributed by atoms with Crippen LogP contribution < -0.4 is 0 Å². The zero-order valence-electron chi connectivity index (χ0n) is 9.83. The topological polar surface area (TPSA) is 14.2 Å². The molecule has 1 heterocycles. The van der Waals surface area contributed by atoms with Gasteiger partial charge in [-0.3, -0.25) is 0 Å². The zero-order valence-corrected chi connectivity index (χ0v) is 11.4. The Balaban J connectivity index is 2.36. The predicted molar refractivity (Wildman–Crippen MR) is 70.5 cm³/mol. The lowest BCUT2D eigenvalue weighted by atomic mass is 10.2. The van der Waals surface area contributed by atoms with E-state index in [0.717, 1.165) is 4.47 Å². The molecule has 0 atom stereocenters. The molecule has 0 radical (unpaired) electrons. The highest BCUT2D eigenvalue weighted by atomic mass is 79.9. The standard InChI is InChI=1S/C13H16BrNO/c1-9(2)16-8-12-7-10-6-11(14)4-5-13(10)15(12)3/h4-7,9H,8H2,1-3H3. The molecule has 16 heavy (non-hydrogen) atoms. The second kappa shape index (κ2) is 4.60. The summed E-state index contributed by atoms with van der Waals surface area (Å²) >= 11 is 3.49. The second-order valence-corrected chi connectivity index (χ2v) is 5.17. The summed E-state index contributed by atoms with van der Waals surface area (Å²) in [5.74, 6) is 0. The molecule has 0 saturated carbocycles. The van der Waals surface area contributed by atoms with Gasteiger partial charge in [-0.1, -0.05) is 15.9 Å². The first kappa shape index (κ1) is 11.7. The molecule has 0 saturated heterocycles. The quantitative estimate of drug-likeness (QED) is 0.833. The predicted octanol–water partition coefficient (Wildman–Crippen LogP) is 3.87. The van der Waals surface area contributed by atoms with E-state index in [1.54, 1.807) is 0 Å². The minimum absolute atomic E-state index is 0.268. The van der Waals surface area contributed by atoms with E-state index in [1.165, 1.54) is 16.6 Å². The third-order valence-electron chi connectivity index (χ3n) is 2.67. The molecule has 86 valence electrons. The Morgan fingerprint density at radius 1 is 1.31 bits per heavy atom. The lowest BCUT2D eigenvalue weighted by molar-refractivity contribution is 0.0624. The van der Waals surface area contributed by atoms with Gasteiger partial charge in [0, 0.05) is 28.1 Å². The fourth-order valence-electron chi connectivity index (χ4n) is 1.77. The van der Waals surface area contributed by atoms with Crippen molar-refractivity contribution in [2.75, 3.05) is 0 Å². The van der Waals surface area contributed by atoms with Crippen molar-refractivity contribution >= 4 is 26.8 Å². The first-order valence-electron chi connectivity index (χ1n) is 5.43. The molecular weight excluding hydrogens is 266 g/mol. The minimum Gasteiger partial charge on any atom is -0.373 e. The molecule has 0 N–H and O–H groups in total. The van der Waals surface area contributed by atoms with Gasteiger partial charge < -0.3 is 9.30 Å². The maximum Gasteiger partial charge on any atom is 0.0871 e. The van der Waals surface area contributed by atoms with Gasteiger partial charge in [0.1, 0.15) is 0 Å². The summed E-state index contributed by atoms with van der Waals surface area (Å²) in [7, 11) is 2.08. The molecule has 2 aromatic rings. The first-order valence-corrected chi connectivity index (χ1v) is 6.22. The smallest absolute Gasteiger partial charge is 0.0871 e. The molecule has 1 aromatic heterocycles. The van der Waals surface area contributed by atoms with Crippen LogP contribution in [0, 0.1) is 0 Å². The van der Waals surface area contributed by atoms with Crippen molar-refractivity contribution in [3.05, 3.63) is 34.4 Å². The van der Waals surface area contributed by atoms with Crippen LogP contribution in [0.4, 0.5) is 0 Å². The van der Waals surface area contributed by atoms with Crippen molar-refractivity contribution in [3.8, 4) is 0 Å². The monoisotopic (exact) mass is 281 g/mol. The average Bonchev–Trinajstić information content (AvgIpc) is 2.52. The normalized spacial score (nSPS) is 11.6. The molecule has 0 spiro atoms. The average molecular weight is 282 g/mol. The minimum atomic E-state index is 0.268. The number of hydrogen-bond acceptors (Lipinski definition) is 1. The van der Waals surface area contributed by atoms with Crippen LogP contribution in [0.1, 0.15) is 19.5 Å². The van der Waals surface area contributed by atoms with Gasteiger partial charge in [0.25, 0.3) is 0 Å². The van der Waals surface area contributed by atoms with Gasteiger partial charge in [-0.15, -0.1) is 0 Å². The van der Waals surface area contributed by atoms with E-state index in [-0.39, 0.29) is 6.10 Å². The third kappa shape index (κ3) is 2.30. The maximum absolute atomic E-state index is 5.64. The molecular formula is C13H16BrNO. The number of rotatable bonds is 3. The molecule has 2 rings (SSSR count). The summed E-state index contributed by atoms with van der Waals surface area (Å²) in [4.78, 5) is 0. The number of ether oxygens (including phenoxy) is 1.